The van der Waals surface area contributed by atoms with Gasteiger partial charge in [-0.05, 0) is 23.3 Å². The van der Waals surface area contributed by atoms with Crippen molar-refractivity contribution in [2.24, 2.45) is 0 Å². The third-order valence-corrected chi connectivity index (χ3v) is 3.25. The molecule has 0 saturated carbocycles. The Morgan fingerprint density at radius 2 is 1.50 bits per heavy atom. The van der Waals surface area contributed by atoms with E-state index in [2.05, 4.69) is 6.58 Å². The first-order valence-electron chi connectivity index (χ1n) is 5.55. The van der Waals surface area contributed by atoms with Crippen LogP contribution in [0.25, 0.3) is 11.6 Å². The Bertz CT molecular complexity index is 563. The summed E-state index contributed by atoms with van der Waals surface area (Å²) in [7, 11) is 0. The quantitative estimate of drug-likeness (QED) is 0.628. The van der Waals surface area contributed by atoms with Gasteiger partial charge in [-0.3, -0.25) is 0 Å². The van der Waals surface area contributed by atoms with Crippen LogP contribution in [0.15, 0.2) is 61.2 Å². The van der Waals surface area contributed by atoms with Crippen LogP contribution in [0.1, 0.15) is 11.1 Å². The summed E-state index contributed by atoms with van der Waals surface area (Å²) in [4.78, 5) is 0. The van der Waals surface area contributed by atoms with Gasteiger partial charge in [-0.25, -0.2) is 0 Å². The molecule has 0 saturated heterocycles. The highest BCUT2D eigenvalue weighted by molar-refractivity contribution is 6.37. The van der Waals surface area contributed by atoms with Crippen LogP contribution in [0, 0.1) is 0 Å². The molecule has 2 heteroatoms. The Morgan fingerprint density at radius 1 is 0.889 bits per heavy atom. The molecule has 0 bridgehead atoms. The predicted molar refractivity (Wildman–Crippen MR) is 81.0 cm³/mol. The Morgan fingerprint density at radius 3 is 2.11 bits per heavy atom. The lowest BCUT2D eigenvalue weighted by molar-refractivity contribution is 1.62. The molecule has 0 aromatic heterocycles. The van der Waals surface area contributed by atoms with Crippen LogP contribution in [0.5, 0.6) is 0 Å². The monoisotopic (exact) mass is 274 g/mol. The first-order valence-corrected chi connectivity index (χ1v) is 6.30. The minimum Gasteiger partial charge on any atom is -0.0912 e. The fraction of sp³-hybridized carbons (Fsp3) is 0. The summed E-state index contributed by atoms with van der Waals surface area (Å²) >= 11 is 12.2. The van der Waals surface area contributed by atoms with Gasteiger partial charge in [-0.1, -0.05) is 78.3 Å². The van der Waals surface area contributed by atoms with Crippen molar-refractivity contribution < 1.29 is 0 Å². The summed E-state index contributed by atoms with van der Waals surface area (Å²) in [6.45, 7) is 4.03. The lowest BCUT2D eigenvalue weighted by Crippen LogP contribution is -1.80. The van der Waals surface area contributed by atoms with Crippen molar-refractivity contribution in [3.8, 4) is 0 Å². The molecular weight excluding hydrogens is 263 g/mol. The Labute approximate surface area is 117 Å². The zero-order valence-electron chi connectivity index (χ0n) is 9.74. The van der Waals surface area contributed by atoms with Crippen molar-refractivity contribution in [3.05, 3.63) is 82.4 Å². The summed E-state index contributed by atoms with van der Waals surface area (Å²) < 4.78 is 0. The maximum absolute atomic E-state index is 6.09. The Kier molecular flexibility index (Phi) is 4.24. The highest BCUT2D eigenvalue weighted by atomic mass is 35.5. The topological polar surface area (TPSA) is 0 Å². The second-order valence-corrected chi connectivity index (χ2v) is 4.67. The minimum absolute atomic E-state index is 0.639. The molecule has 0 nitrogen and oxygen atoms in total. The van der Waals surface area contributed by atoms with Gasteiger partial charge in [0.25, 0.3) is 0 Å². The molecule has 0 fully saturated rings. The Hall–Kier alpha value is -1.50. The number of halogens is 2. The van der Waals surface area contributed by atoms with Crippen LogP contribution in [0.3, 0.4) is 0 Å². The molecule has 0 amide bonds. The maximum Gasteiger partial charge on any atom is 0.0493 e. The second-order valence-electron chi connectivity index (χ2n) is 3.86. The van der Waals surface area contributed by atoms with Crippen molar-refractivity contribution >= 4 is 34.9 Å². The van der Waals surface area contributed by atoms with Crippen LogP contribution in [0.4, 0.5) is 0 Å². The fourth-order valence-electron chi connectivity index (χ4n) is 1.60. The molecule has 0 radical (unpaired) electrons. The van der Waals surface area contributed by atoms with E-state index in [1.54, 1.807) is 0 Å². The van der Waals surface area contributed by atoms with E-state index in [1.165, 1.54) is 0 Å². The van der Waals surface area contributed by atoms with Crippen LogP contribution < -0.4 is 0 Å². The van der Waals surface area contributed by atoms with Crippen molar-refractivity contribution in [3.63, 3.8) is 0 Å². The van der Waals surface area contributed by atoms with Gasteiger partial charge in [0.1, 0.15) is 0 Å². The molecule has 2 rings (SSSR count). The SMILES string of the molecule is C=C(/C=C/c1c(Cl)cccc1Cl)c1ccccc1. The van der Waals surface area contributed by atoms with Crippen LogP contribution >= 0.6 is 23.2 Å². The summed E-state index contributed by atoms with van der Waals surface area (Å²) in [6, 6.07) is 15.4. The van der Waals surface area contributed by atoms with Gasteiger partial charge in [0.15, 0.2) is 0 Å². The van der Waals surface area contributed by atoms with E-state index in [4.69, 9.17) is 23.2 Å². The Balaban J connectivity index is 2.24. The van der Waals surface area contributed by atoms with Gasteiger partial charge in [-0.15, -0.1) is 0 Å². The van der Waals surface area contributed by atoms with Crippen molar-refractivity contribution in [1.82, 2.24) is 0 Å². The zero-order valence-corrected chi connectivity index (χ0v) is 11.2. The maximum atomic E-state index is 6.09. The van der Waals surface area contributed by atoms with E-state index in [9.17, 15) is 0 Å². The van der Waals surface area contributed by atoms with Crippen molar-refractivity contribution in [1.29, 1.82) is 0 Å². The highest BCUT2D eigenvalue weighted by Gasteiger charge is 2.01. The second kappa shape index (κ2) is 5.90. The fourth-order valence-corrected chi connectivity index (χ4v) is 2.13. The van der Waals surface area contributed by atoms with Gasteiger partial charge >= 0.3 is 0 Å². The molecule has 0 aliphatic heterocycles. The van der Waals surface area contributed by atoms with E-state index in [-0.39, 0.29) is 0 Å². The molecule has 0 heterocycles. The lowest BCUT2D eigenvalue weighted by Gasteiger charge is -2.02. The molecule has 0 aliphatic rings. The first kappa shape index (κ1) is 12.9. The zero-order chi connectivity index (χ0) is 13.0. The van der Waals surface area contributed by atoms with E-state index in [0.29, 0.717) is 10.0 Å². The van der Waals surface area contributed by atoms with E-state index < -0.39 is 0 Å². The normalized spacial score (nSPS) is 10.8. The number of hydrogen-bond donors (Lipinski definition) is 0. The highest BCUT2D eigenvalue weighted by Crippen LogP contribution is 2.26. The summed E-state index contributed by atoms with van der Waals surface area (Å²) in [6.07, 6.45) is 3.81. The third kappa shape index (κ3) is 3.04. The molecule has 18 heavy (non-hydrogen) atoms. The van der Waals surface area contributed by atoms with Crippen molar-refractivity contribution in [2.45, 2.75) is 0 Å². The van der Waals surface area contributed by atoms with Gasteiger partial charge in [0, 0.05) is 15.6 Å². The molecule has 90 valence electrons. The van der Waals surface area contributed by atoms with E-state index in [1.807, 2.05) is 60.7 Å². The molecule has 0 unspecified atom stereocenters. The molecule has 0 aliphatic carbocycles. The van der Waals surface area contributed by atoms with E-state index in [0.717, 1.165) is 16.7 Å². The molecular formula is C16H12Cl2. The van der Waals surface area contributed by atoms with Crippen LogP contribution in [0.2, 0.25) is 10.0 Å². The number of hydrogen-bond acceptors (Lipinski definition) is 0. The van der Waals surface area contributed by atoms with E-state index >= 15 is 0 Å². The number of benzene rings is 2. The average Bonchev–Trinajstić information content (AvgIpc) is 2.39. The molecule has 0 N–H and O–H groups in total. The summed E-state index contributed by atoms with van der Waals surface area (Å²) in [5.41, 5.74) is 2.82. The number of rotatable bonds is 3. The largest absolute Gasteiger partial charge is 0.0912 e. The number of allylic oxidation sites excluding steroid dienone is 2. The average molecular weight is 275 g/mol. The minimum atomic E-state index is 0.639. The predicted octanol–water partition coefficient (Wildman–Crippen LogP) is 5.72. The van der Waals surface area contributed by atoms with Gasteiger partial charge in [0.2, 0.25) is 0 Å². The smallest absolute Gasteiger partial charge is 0.0493 e. The first-order chi connectivity index (χ1) is 8.68. The molecule has 2 aromatic carbocycles. The molecule has 2 aromatic rings. The molecule has 0 spiro atoms. The van der Waals surface area contributed by atoms with Crippen molar-refractivity contribution in [2.75, 3.05) is 0 Å². The standard InChI is InChI=1S/C16H12Cl2/c1-12(13-6-3-2-4-7-13)10-11-14-15(17)8-5-9-16(14)18/h2-11H,1H2/b11-10+. The lowest BCUT2D eigenvalue weighted by atomic mass is 10.1. The summed E-state index contributed by atoms with van der Waals surface area (Å²) in [5.74, 6) is 0. The van der Waals surface area contributed by atoms with Gasteiger partial charge < -0.3 is 0 Å². The third-order valence-electron chi connectivity index (χ3n) is 2.60. The van der Waals surface area contributed by atoms with Crippen LogP contribution in [-0.2, 0) is 0 Å². The van der Waals surface area contributed by atoms with Crippen LogP contribution in [-0.4, -0.2) is 0 Å². The summed E-state index contributed by atoms with van der Waals surface area (Å²) in [5, 5.41) is 1.28. The van der Waals surface area contributed by atoms with Gasteiger partial charge in [0.05, 0.1) is 0 Å². The van der Waals surface area contributed by atoms with Gasteiger partial charge in [-0.2, -0.15) is 0 Å². The molecule has 0 atom stereocenters.